The number of rotatable bonds is 1. The Balaban J connectivity index is 2.96. The van der Waals surface area contributed by atoms with Crippen LogP contribution in [0.5, 0.6) is 0 Å². The van der Waals surface area contributed by atoms with Crippen LogP contribution < -0.4 is 0 Å². The highest BCUT2D eigenvalue weighted by molar-refractivity contribution is 6.28. The molecule has 1 atom stereocenters. The summed E-state index contributed by atoms with van der Waals surface area (Å²) in [6, 6.07) is 1.92. The van der Waals surface area contributed by atoms with Crippen molar-refractivity contribution in [3.63, 3.8) is 0 Å². The molecule has 0 radical (unpaired) electrons. The van der Waals surface area contributed by atoms with Crippen LogP contribution >= 0.6 is 11.6 Å². The molecule has 1 aromatic heterocycles. The second kappa shape index (κ2) is 3.62. The lowest BCUT2D eigenvalue weighted by atomic mass is 9.80. The summed E-state index contributed by atoms with van der Waals surface area (Å²) in [5.74, 6) is 0.382. The Morgan fingerprint density at radius 2 is 2.00 bits per heavy atom. The Hall–Kier alpha value is -0.630. The highest BCUT2D eigenvalue weighted by atomic mass is 35.5. The van der Waals surface area contributed by atoms with Gasteiger partial charge in [0.2, 0.25) is 5.28 Å². The fraction of sp³-hybridized carbons (Fsp3) is 0.600. The summed E-state index contributed by atoms with van der Waals surface area (Å²) in [7, 11) is 0. The molecule has 13 heavy (non-hydrogen) atoms. The Morgan fingerprint density at radius 1 is 1.38 bits per heavy atom. The van der Waals surface area contributed by atoms with Crippen molar-refractivity contribution < 1.29 is 0 Å². The lowest BCUT2D eigenvalue weighted by Crippen LogP contribution is -2.16. The molecule has 1 heterocycles. The fourth-order valence-corrected chi connectivity index (χ4v) is 1.19. The molecule has 0 fully saturated rings. The molecule has 2 nitrogen and oxygen atoms in total. The quantitative estimate of drug-likeness (QED) is 0.648. The van der Waals surface area contributed by atoms with Crippen LogP contribution in [-0.4, -0.2) is 9.97 Å². The molecule has 0 N–H and O–H groups in total. The van der Waals surface area contributed by atoms with E-state index in [-0.39, 0.29) is 5.41 Å². The molecule has 3 heteroatoms. The molecule has 1 rings (SSSR count). The van der Waals surface area contributed by atoms with Crippen LogP contribution in [-0.2, 0) is 0 Å². The van der Waals surface area contributed by atoms with Gasteiger partial charge in [-0.05, 0) is 23.1 Å². The average Bonchev–Trinajstić information content (AvgIpc) is 2.01. The van der Waals surface area contributed by atoms with Gasteiger partial charge in [0.1, 0.15) is 0 Å². The molecule has 0 spiro atoms. The van der Waals surface area contributed by atoms with E-state index in [1.54, 1.807) is 6.20 Å². The van der Waals surface area contributed by atoms with Gasteiger partial charge in [0.05, 0.1) is 0 Å². The van der Waals surface area contributed by atoms with Crippen molar-refractivity contribution in [2.24, 2.45) is 5.41 Å². The van der Waals surface area contributed by atoms with Crippen molar-refractivity contribution in [1.29, 1.82) is 0 Å². The van der Waals surface area contributed by atoms with E-state index in [4.69, 9.17) is 11.6 Å². The van der Waals surface area contributed by atoms with E-state index in [9.17, 15) is 0 Å². The first-order valence-electron chi connectivity index (χ1n) is 4.39. The molecule has 0 saturated heterocycles. The molecule has 0 amide bonds. The van der Waals surface area contributed by atoms with Gasteiger partial charge < -0.3 is 0 Å². The summed E-state index contributed by atoms with van der Waals surface area (Å²) < 4.78 is 0. The summed E-state index contributed by atoms with van der Waals surface area (Å²) in [6.07, 6.45) is 1.70. The fourth-order valence-electron chi connectivity index (χ4n) is 1.03. The molecule has 0 aliphatic carbocycles. The van der Waals surface area contributed by atoms with Crippen molar-refractivity contribution >= 4 is 11.6 Å². The molecular weight excluding hydrogens is 184 g/mol. The average molecular weight is 199 g/mol. The van der Waals surface area contributed by atoms with Crippen LogP contribution in [0.1, 0.15) is 39.3 Å². The van der Waals surface area contributed by atoms with Crippen LogP contribution in [0.2, 0.25) is 5.28 Å². The first kappa shape index (κ1) is 10.5. The number of hydrogen-bond acceptors (Lipinski definition) is 2. The SMILES string of the molecule is CC(c1ccnc(Cl)n1)C(C)(C)C. The second-order valence-corrected chi connectivity index (χ2v) is 4.68. The standard InChI is InChI=1S/C10H15ClN2/c1-7(10(2,3)4)8-5-6-12-9(11)13-8/h5-7H,1-4H3. The van der Waals surface area contributed by atoms with Crippen molar-refractivity contribution in [1.82, 2.24) is 9.97 Å². The molecule has 0 aliphatic rings. The predicted molar refractivity (Wildman–Crippen MR) is 54.9 cm³/mol. The maximum Gasteiger partial charge on any atom is 0.222 e. The zero-order valence-corrected chi connectivity index (χ0v) is 9.26. The minimum atomic E-state index is 0.206. The molecule has 0 bridgehead atoms. The van der Waals surface area contributed by atoms with Crippen molar-refractivity contribution in [2.75, 3.05) is 0 Å². The van der Waals surface area contributed by atoms with E-state index in [0.29, 0.717) is 11.2 Å². The maximum atomic E-state index is 5.72. The molecule has 0 saturated carbocycles. The maximum absolute atomic E-state index is 5.72. The van der Waals surface area contributed by atoms with E-state index in [0.717, 1.165) is 5.69 Å². The first-order valence-corrected chi connectivity index (χ1v) is 4.77. The highest BCUT2D eigenvalue weighted by Gasteiger charge is 2.22. The number of hydrogen-bond donors (Lipinski definition) is 0. The Kier molecular flexibility index (Phi) is 2.91. The Bertz CT molecular complexity index is 291. The van der Waals surface area contributed by atoms with Crippen LogP contribution in [0.4, 0.5) is 0 Å². The van der Waals surface area contributed by atoms with Gasteiger partial charge >= 0.3 is 0 Å². The third-order valence-electron chi connectivity index (χ3n) is 2.39. The lowest BCUT2D eigenvalue weighted by molar-refractivity contribution is 0.334. The normalized spacial score (nSPS) is 14.2. The third kappa shape index (κ3) is 2.66. The highest BCUT2D eigenvalue weighted by Crippen LogP contribution is 2.33. The zero-order chi connectivity index (χ0) is 10.1. The van der Waals surface area contributed by atoms with Gasteiger partial charge in [-0.15, -0.1) is 0 Å². The molecule has 72 valence electrons. The topological polar surface area (TPSA) is 25.8 Å². The third-order valence-corrected chi connectivity index (χ3v) is 2.57. The van der Waals surface area contributed by atoms with E-state index in [1.165, 1.54) is 0 Å². The van der Waals surface area contributed by atoms with Crippen molar-refractivity contribution in [2.45, 2.75) is 33.6 Å². The molecule has 1 aromatic rings. The van der Waals surface area contributed by atoms with Crippen molar-refractivity contribution in [3.8, 4) is 0 Å². The zero-order valence-electron chi connectivity index (χ0n) is 8.50. The van der Waals surface area contributed by atoms with E-state index in [1.807, 2.05) is 6.07 Å². The van der Waals surface area contributed by atoms with Crippen LogP contribution in [0.25, 0.3) is 0 Å². The molecular formula is C10H15ClN2. The summed E-state index contributed by atoms with van der Waals surface area (Å²) in [5.41, 5.74) is 1.21. The Morgan fingerprint density at radius 3 is 2.46 bits per heavy atom. The Labute approximate surface area is 84.4 Å². The molecule has 0 aromatic carbocycles. The number of aromatic nitrogens is 2. The van der Waals surface area contributed by atoms with Gasteiger partial charge in [-0.2, -0.15) is 0 Å². The first-order chi connectivity index (χ1) is 5.91. The van der Waals surface area contributed by atoms with Gasteiger partial charge in [0, 0.05) is 17.8 Å². The smallest absolute Gasteiger partial charge is 0.222 e. The number of halogens is 1. The van der Waals surface area contributed by atoms with E-state index >= 15 is 0 Å². The minimum absolute atomic E-state index is 0.206. The summed E-state index contributed by atoms with van der Waals surface area (Å²) >= 11 is 5.72. The van der Waals surface area contributed by atoms with Crippen molar-refractivity contribution in [3.05, 3.63) is 23.2 Å². The molecule has 0 aliphatic heterocycles. The van der Waals surface area contributed by atoms with Crippen LogP contribution in [0, 0.1) is 5.41 Å². The number of nitrogens with zero attached hydrogens (tertiary/aromatic N) is 2. The van der Waals surface area contributed by atoms with Gasteiger partial charge in [0.25, 0.3) is 0 Å². The predicted octanol–water partition coefficient (Wildman–Crippen LogP) is 3.28. The summed E-state index contributed by atoms with van der Waals surface area (Å²) in [4.78, 5) is 8.05. The van der Waals surface area contributed by atoms with Gasteiger partial charge in [-0.25, -0.2) is 9.97 Å². The van der Waals surface area contributed by atoms with Gasteiger partial charge in [0.15, 0.2) is 0 Å². The minimum Gasteiger partial charge on any atom is -0.227 e. The lowest BCUT2D eigenvalue weighted by Gasteiger charge is -2.26. The monoisotopic (exact) mass is 198 g/mol. The van der Waals surface area contributed by atoms with Gasteiger partial charge in [-0.3, -0.25) is 0 Å². The van der Waals surface area contributed by atoms with E-state index in [2.05, 4.69) is 37.7 Å². The second-order valence-electron chi connectivity index (χ2n) is 4.34. The largest absolute Gasteiger partial charge is 0.227 e. The summed E-state index contributed by atoms with van der Waals surface area (Å²) in [6.45, 7) is 8.72. The van der Waals surface area contributed by atoms with Gasteiger partial charge in [-0.1, -0.05) is 27.7 Å². The van der Waals surface area contributed by atoms with Crippen LogP contribution in [0.3, 0.4) is 0 Å². The summed E-state index contributed by atoms with van der Waals surface area (Å²) in [5, 5.41) is 0.327. The van der Waals surface area contributed by atoms with Crippen LogP contribution in [0.15, 0.2) is 12.3 Å². The van der Waals surface area contributed by atoms with E-state index < -0.39 is 0 Å². The molecule has 1 unspecified atom stereocenters.